The molecule has 1 aliphatic rings. The third-order valence-corrected chi connectivity index (χ3v) is 5.89. The maximum absolute atomic E-state index is 13.5. The van der Waals surface area contributed by atoms with Crippen molar-refractivity contribution in [2.45, 2.75) is 38.3 Å². The number of unbranched alkanes of at least 4 members (excludes halogenated alkanes) is 2. The number of rotatable bonds is 10. The summed E-state index contributed by atoms with van der Waals surface area (Å²) >= 11 is 0. The van der Waals surface area contributed by atoms with Gasteiger partial charge in [0.05, 0.1) is 17.7 Å². The number of carbonyl (C=O) groups excluding carboxylic acids is 4. The molecule has 0 fully saturated rings. The molecule has 0 aliphatic carbocycles. The van der Waals surface area contributed by atoms with Gasteiger partial charge in [-0.15, -0.1) is 0 Å². The summed E-state index contributed by atoms with van der Waals surface area (Å²) in [6.45, 7) is -0.302. The SMILES string of the molecule is N=C(N)NCCCCCc1ccc2c(c1)C(=O)N(CCC(=O)OC(=O)C(F)(F)F)CC(=O)N2c1ccccc1. The van der Waals surface area contributed by atoms with E-state index in [2.05, 4.69) is 10.1 Å². The van der Waals surface area contributed by atoms with E-state index in [1.165, 1.54) is 4.90 Å². The number of esters is 2. The molecule has 3 rings (SSSR count). The molecule has 0 radical (unpaired) electrons. The van der Waals surface area contributed by atoms with E-state index in [-0.39, 0.29) is 11.5 Å². The van der Waals surface area contributed by atoms with Crippen LogP contribution in [0.25, 0.3) is 0 Å². The number of nitrogens with one attached hydrogen (secondary N) is 2. The Hall–Kier alpha value is -4.42. The molecule has 39 heavy (non-hydrogen) atoms. The van der Waals surface area contributed by atoms with Gasteiger partial charge in [0.2, 0.25) is 0 Å². The van der Waals surface area contributed by atoms with Gasteiger partial charge in [-0.05, 0) is 49.1 Å². The van der Waals surface area contributed by atoms with E-state index in [0.717, 1.165) is 29.7 Å². The average Bonchev–Trinajstić information content (AvgIpc) is 2.98. The number of amides is 2. The minimum Gasteiger partial charge on any atom is -0.386 e. The molecular formula is C26H28F3N5O5. The fourth-order valence-corrected chi connectivity index (χ4v) is 4.05. The Kier molecular flexibility index (Phi) is 9.63. The molecule has 0 spiro atoms. The molecule has 0 aromatic heterocycles. The number of halogens is 3. The van der Waals surface area contributed by atoms with Crippen LogP contribution < -0.4 is 16.0 Å². The number of anilines is 2. The van der Waals surface area contributed by atoms with Crippen LogP contribution in [0.2, 0.25) is 0 Å². The van der Waals surface area contributed by atoms with Gasteiger partial charge in [-0.2, -0.15) is 13.2 Å². The van der Waals surface area contributed by atoms with E-state index in [1.807, 2.05) is 6.07 Å². The number of nitrogens with two attached hydrogens (primary N) is 1. The van der Waals surface area contributed by atoms with Crippen molar-refractivity contribution in [3.8, 4) is 0 Å². The van der Waals surface area contributed by atoms with Gasteiger partial charge < -0.3 is 20.7 Å². The zero-order valence-corrected chi connectivity index (χ0v) is 20.9. The predicted molar refractivity (Wildman–Crippen MR) is 135 cm³/mol. The second-order valence-electron chi connectivity index (χ2n) is 8.80. The van der Waals surface area contributed by atoms with Gasteiger partial charge in [-0.1, -0.05) is 30.7 Å². The summed E-state index contributed by atoms with van der Waals surface area (Å²) in [5.41, 5.74) is 7.14. The molecule has 13 heteroatoms. The van der Waals surface area contributed by atoms with Gasteiger partial charge in [-0.3, -0.25) is 24.7 Å². The summed E-state index contributed by atoms with van der Waals surface area (Å²) in [7, 11) is 0. The highest BCUT2D eigenvalue weighted by molar-refractivity contribution is 6.13. The first kappa shape index (κ1) is 29.1. The zero-order valence-electron chi connectivity index (χ0n) is 20.9. The fourth-order valence-electron chi connectivity index (χ4n) is 4.05. The molecule has 10 nitrogen and oxygen atoms in total. The van der Waals surface area contributed by atoms with E-state index in [9.17, 15) is 32.3 Å². The van der Waals surface area contributed by atoms with Crippen LogP contribution in [0, 0.1) is 5.41 Å². The van der Waals surface area contributed by atoms with Crippen molar-refractivity contribution in [3.05, 3.63) is 59.7 Å². The molecule has 0 bridgehead atoms. The van der Waals surface area contributed by atoms with Crippen LogP contribution in [-0.2, 0) is 25.5 Å². The van der Waals surface area contributed by atoms with E-state index >= 15 is 0 Å². The first-order valence-electron chi connectivity index (χ1n) is 12.2. The van der Waals surface area contributed by atoms with Gasteiger partial charge >= 0.3 is 18.1 Å². The number of para-hydroxylation sites is 1. The Bertz CT molecular complexity index is 1240. The van der Waals surface area contributed by atoms with Crippen LogP contribution in [0.5, 0.6) is 0 Å². The molecule has 2 aromatic carbocycles. The van der Waals surface area contributed by atoms with Gasteiger partial charge in [0.25, 0.3) is 11.8 Å². The smallest absolute Gasteiger partial charge is 0.386 e. The molecule has 0 saturated heterocycles. The second-order valence-corrected chi connectivity index (χ2v) is 8.80. The van der Waals surface area contributed by atoms with Crippen LogP contribution in [0.1, 0.15) is 41.6 Å². The Morgan fingerprint density at radius 3 is 2.44 bits per heavy atom. The summed E-state index contributed by atoms with van der Waals surface area (Å²) in [6.07, 6.45) is -3.00. The number of aryl methyl sites for hydroxylation is 1. The molecular weight excluding hydrogens is 519 g/mol. The maximum atomic E-state index is 13.5. The molecule has 0 atom stereocenters. The lowest BCUT2D eigenvalue weighted by Crippen LogP contribution is -2.39. The number of fused-ring (bicyclic) bond motifs is 1. The first-order valence-corrected chi connectivity index (χ1v) is 12.2. The van der Waals surface area contributed by atoms with Gasteiger partial charge in [0, 0.05) is 18.8 Å². The third-order valence-electron chi connectivity index (χ3n) is 5.89. The third kappa shape index (κ3) is 8.03. The maximum Gasteiger partial charge on any atom is 0.491 e. The highest BCUT2D eigenvalue weighted by Gasteiger charge is 2.42. The Balaban J connectivity index is 1.80. The lowest BCUT2D eigenvalue weighted by Gasteiger charge is -2.23. The van der Waals surface area contributed by atoms with Crippen LogP contribution in [-0.4, -0.2) is 60.4 Å². The standard InChI is InChI=1S/C26H28F3N5O5/c27-26(28,29)24(38)39-22(36)12-14-33-16-21(35)34(18-8-4-1-5-9-18)20-11-10-17(15-19(20)23(33)37)7-3-2-6-13-32-25(30)31/h1,4-5,8-11,15H,2-3,6-7,12-14,16H2,(H4,30,31,32). The summed E-state index contributed by atoms with van der Waals surface area (Å²) in [5.74, 6) is -5.28. The number of alkyl halides is 3. The highest BCUT2D eigenvalue weighted by atomic mass is 19.4. The van der Waals surface area contributed by atoms with Crippen molar-refractivity contribution in [1.29, 1.82) is 5.41 Å². The van der Waals surface area contributed by atoms with Crippen molar-refractivity contribution in [1.82, 2.24) is 10.2 Å². The summed E-state index contributed by atoms with van der Waals surface area (Å²) in [4.78, 5) is 52.0. The molecule has 0 unspecified atom stereocenters. The summed E-state index contributed by atoms with van der Waals surface area (Å²) < 4.78 is 41.0. The van der Waals surface area contributed by atoms with E-state index in [1.54, 1.807) is 42.5 Å². The Morgan fingerprint density at radius 1 is 1.05 bits per heavy atom. The average molecular weight is 548 g/mol. The van der Waals surface area contributed by atoms with E-state index in [0.29, 0.717) is 24.3 Å². The number of benzene rings is 2. The number of hydrogen-bond acceptors (Lipinski definition) is 6. The minimum atomic E-state index is -5.33. The second kappa shape index (κ2) is 12.9. The molecule has 1 heterocycles. The van der Waals surface area contributed by atoms with E-state index < -0.39 is 49.4 Å². The van der Waals surface area contributed by atoms with Gasteiger partial charge in [0.1, 0.15) is 6.54 Å². The molecule has 2 aromatic rings. The van der Waals surface area contributed by atoms with Crippen LogP contribution >= 0.6 is 0 Å². The van der Waals surface area contributed by atoms with Crippen molar-refractivity contribution in [2.24, 2.45) is 5.73 Å². The number of guanidine groups is 1. The van der Waals surface area contributed by atoms with Crippen LogP contribution in [0.4, 0.5) is 24.5 Å². The highest BCUT2D eigenvalue weighted by Crippen LogP contribution is 2.33. The number of nitrogens with zero attached hydrogens (tertiary/aromatic N) is 2. The fraction of sp³-hybridized carbons (Fsp3) is 0.346. The van der Waals surface area contributed by atoms with Crippen molar-refractivity contribution < 1.29 is 37.1 Å². The van der Waals surface area contributed by atoms with Crippen molar-refractivity contribution in [2.75, 3.05) is 24.5 Å². The summed E-state index contributed by atoms with van der Waals surface area (Å²) in [6, 6.07) is 13.8. The molecule has 1 aliphatic heterocycles. The van der Waals surface area contributed by atoms with E-state index in [4.69, 9.17) is 11.1 Å². The van der Waals surface area contributed by atoms with Crippen molar-refractivity contribution >= 4 is 41.1 Å². The lowest BCUT2D eigenvalue weighted by atomic mass is 10.0. The topological polar surface area (TPSA) is 146 Å². The lowest BCUT2D eigenvalue weighted by molar-refractivity contribution is -0.201. The van der Waals surface area contributed by atoms with Crippen LogP contribution in [0.3, 0.4) is 0 Å². The minimum absolute atomic E-state index is 0.0958. The largest absolute Gasteiger partial charge is 0.491 e. The predicted octanol–water partition coefficient (Wildman–Crippen LogP) is 3.03. The van der Waals surface area contributed by atoms with Crippen LogP contribution in [0.15, 0.2) is 48.5 Å². The van der Waals surface area contributed by atoms with Crippen molar-refractivity contribution in [3.63, 3.8) is 0 Å². The number of carbonyl (C=O) groups is 4. The van der Waals surface area contributed by atoms with Gasteiger partial charge in [-0.25, -0.2) is 4.79 Å². The quantitative estimate of drug-likeness (QED) is 0.136. The Morgan fingerprint density at radius 2 is 1.77 bits per heavy atom. The molecule has 4 N–H and O–H groups in total. The molecule has 2 amide bonds. The Labute approximate surface area is 222 Å². The number of hydrogen-bond donors (Lipinski definition) is 3. The molecule has 0 saturated carbocycles. The molecule has 208 valence electrons. The first-order chi connectivity index (χ1) is 18.5. The monoisotopic (exact) mass is 547 g/mol. The normalized spacial score (nSPS) is 13.5. The zero-order chi connectivity index (χ0) is 28.6. The summed E-state index contributed by atoms with van der Waals surface area (Å²) in [5, 5.41) is 9.90. The number of ether oxygens (including phenoxy) is 1. The van der Waals surface area contributed by atoms with Gasteiger partial charge in [0.15, 0.2) is 5.96 Å².